The fraction of sp³-hybridized carbons (Fsp3) is 0.238. The predicted molar refractivity (Wildman–Crippen MR) is 106 cm³/mol. The first-order valence-corrected chi connectivity index (χ1v) is 9.18. The van der Waals surface area contributed by atoms with Gasteiger partial charge in [-0.15, -0.1) is 0 Å². The molecule has 0 aromatic heterocycles. The summed E-state index contributed by atoms with van der Waals surface area (Å²) in [5, 5.41) is 14.8. The quantitative estimate of drug-likeness (QED) is 0.706. The van der Waals surface area contributed by atoms with E-state index < -0.39 is 17.8 Å². The number of carboxylic acid groups (broad SMARTS) is 2. The molecule has 2 amide bonds. The molecule has 0 bridgehead atoms. The van der Waals surface area contributed by atoms with Crippen molar-refractivity contribution < 1.29 is 38.5 Å². The lowest BCUT2D eigenvalue weighted by molar-refractivity contribution is -0.159. The summed E-state index contributed by atoms with van der Waals surface area (Å²) in [7, 11) is 1.52. The number of piperazine rings is 1. The number of halogens is 1. The molecular formula is C21H21FN2O7. The molecule has 164 valence electrons. The van der Waals surface area contributed by atoms with E-state index in [1.165, 1.54) is 19.2 Å². The number of amides is 2. The maximum absolute atomic E-state index is 13.8. The summed E-state index contributed by atoms with van der Waals surface area (Å²) in [6.07, 6.45) is 0. The molecule has 2 N–H and O–H groups in total. The maximum Gasteiger partial charge on any atom is 0.414 e. The minimum absolute atomic E-state index is 0.0620. The van der Waals surface area contributed by atoms with E-state index in [4.69, 9.17) is 24.5 Å². The van der Waals surface area contributed by atoms with Gasteiger partial charge in [-0.25, -0.2) is 14.0 Å². The number of hydrogen-bond donors (Lipinski definition) is 2. The summed E-state index contributed by atoms with van der Waals surface area (Å²) in [4.78, 5) is 46.5. The zero-order valence-corrected chi connectivity index (χ0v) is 16.7. The van der Waals surface area contributed by atoms with Gasteiger partial charge in [0.05, 0.1) is 18.2 Å². The standard InChI is InChI=1S/C19H19FN2O3.C2H2O4/c1-25-17-9-5-3-7-15(17)19(24)22-12-10-21(11-13-22)18(23)14-6-2-4-8-16(14)20;3-1(4)2(5)6/h2-9H,10-13H2,1H3;(H,3,4)(H,5,6). The van der Waals surface area contributed by atoms with Crippen LogP contribution in [0, 0.1) is 5.82 Å². The number of nitrogens with zero attached hydrogens (tertiary/aromatic N) is 2. The van der Waals surface area contributed by atoms with Gasteiger partial charge in [-0.1, -0.05) is 24.3 Å². The highest BCUT2D eigenvalue weighted by molar-refractivity contribution is 6.27. The Morgan fingerprint density at radius 2 is 1.19 bits per heavy atom. The molecule has 1 saturated heterocycles. The van der Waals surface area contributed by atoms with Crippen molar-refractivity contribution in [2.24, 2.45) is 0 Å². The number of carbonyl (C=O) groups is 4. The van der Waals surface area contributed by atoms with Gasteiger partial charge in [0.25, 0.3) is 11.8 Å². The second-order valence-corrected chi connectivity index (χ2v) is 6.37. The Bertz CT molecular complexity index is 960. The van der Waals surface area contributed by atoms with Crippen molar-refractivity contribution in [1.82, 2.24) is 9.80 Å². The van der Waals surface area contributed by atoms with E-state index >= 15 is 0 Å². The molecule has 31 heavy (non-hydrogen) atoms. The zero-order chi connectivity index (χ0) is 23.0. The Kier molecular flexibility index (Phi) is 8.07. The molecule has 9 nitrogen and oxygen atoms in total. The van der Waals surface area contributed by atoms with Gasteiger partial charge in [-0.05, 0) is 24.3 Å². The summed E-state index contributed by atoms with van der Waals surface area (Å²) >= 11 is 0. The average molecular weight is 432 g/mol. The largest absolute Gasteiger partial charge is 0.496 e. The molecule has 2 aromatic carbocycles. The fourth-order valence-electron chi connectivity index (χ4n) is 2.91. The number of benzene rings is 2. The lowest BCUT2D eigenvalue weighted by atomic mass is 10.1. The smallest absolute Gasteiger partial charge is 0.414 e. The van der Waals surface area contributed by atoms with E-state index in [2.05, 4.69) is 0 Å². The molecule has 0 atom stereocenters. The van der Waals surface area contributed by atoms with Gasteiger partial charge in [-0.2, -0.15) is 0 Å². The topological polar surface area (TPSA) is 124 Å². The number of aliphatic carboxylic acids is 2. The van der Waals surface area contributed by atoms with Gasteiger partial charge < -0.3 is 24.7 Å². The minimum Gasteiger partial charge on any atom is -0.496 e. The second kappa shape index (κ2) is 10.7. The van der Waals surface area contributed by atoms with Crippen molar-refractivity contribution >= 4 is 23.8 Å². The van der Waals surface area contributed by atoms with Gasteiger partial charge in [0, 0.05) is 26.2 Å². The molecule has 10 heteroatoms. The van der Waals surface area contributed by atoms with Gasteiger partial charge in [0.1, 0.15) is 11.6 Å². The van der Waals surface area contributed by atoms with Crippen LogP contribution in [0.15, 0.2) is 48.5 Å². The second-order valence-electron chi connectivity index (χ2n) is 6.37. The van der Waals surface area contributed by atoms with Crippen LogP contribution in [0.2, 0.25) is 0 Å². The van der Waals surface area contributed by atoms with Crippen molar-refractivity contribution in [3.63, 3.8) is 0 Å². The van der Waals surface area contributed by atoms with Crippen LogP contribution >= 0.6 is 0 Å². The first kappa shape index (κ1) is 23.3. The lowest BCUT2D eigenvalue weighted by Gasteiger charge is -2.35. The molecule has 2 aromatic rings. The molecule has 0 spiro atoms. The highest BCUT2D eigenvalue weighted by Gasteiger charge is 2.27. The SMILES string of the molecule is COc1ccccc1C(=O)N1CCN(C(=O)c2ccccc2F)CC1.O=C(O)C(=O)O. The molecule has 1 fully saturated rings. The number of rotatable bonds is 3. The minimum atomic E-state index is -1.82. The van der Waals surface area contributed by atoms with Crippen molar-refractivity contribution in [2.45, 2.75) is 0 Å². The van der Waals surface area contributed by atoms with Crippen LogP contribution in [0.4, 0.5) is 4.39 Å². The molecule has 1 aliphatic rings. The van der Waals surface area contributed by atoms with E-state index in [9.17, 15) is 14.0 Å². The summed E-state index contributed by atoms with van der Waals surface area (Å²) in [6, 6.07) is 13.0. The molecule has 1 heterocycles. The molecule has 0 radical (unpaired) electrons. The summed E-state index contributed by atoms with van der Waals surface area (Å²) < 4.78 is 19.0. The number of carboxylic acids is 2. The van der Waals surface area contributed by atoms with E-state index in [-0.39, 0.29) is 17.4 Å². The predicted octanol–water partition coefficient (Wildman–Crippen LogP) is 1.59. The van der Waals surface area contributed by atoms with Crippen molar-refractivity contribution in [3.05, 3.63) is 65.5 Å². The van der Waals surface area contributed by atoms with Crippen LogP contribution in [-0.2, 0) is 9.59 Å². The van der Waals surface area contributed by atoms with Crippen molar-refractivity contribution in [2.75, 3.05) is 33.3 Å². The van der Waals surface area contributed by atoms with Crippen molar-refractivity contribution in [3.8, 4) is 5.75 Å². The summed E-state index contributed by atoms with van der Waals surface area (Å²) in [5.41, 5.74) is 0.561. The summed E-state index contributed by atoms with van der Waals surface area (Å²) in [6.45, 7) is 1.54. The van der Waals surface area contributed by atoms with Crippen LogP contribution in [0.5, 0.6) is 5.75 Å². The molecule has 3 rings (SSSR count). The van der Waals surface area contributed by atoms with Crippen molar-refractivity contribution in [1.29, 1.82) is 0 Å². The molecule has 0 aliphatic carbocycles. The summed E-state index contributed by atoms with van der Waals surface area (Å²) in [5.74, 6) is -4.12. The number of ether oxygens (including phenoxy) is 1. The number of para-hydroxylation sites is 1. The fourth-order valence-corrected chi connectivity index (χ4v) is 2.91. The highest BCUT2D eigenvalue weighted by Crippen LogP contribution is 2.20. The van der Waals surface area contributed by atoms with E-state index in [0.29, 0.717) is 37.5 Å². The first-order valence-electron chi connectivity index (χ1n) is 9.18. The van der Waals surface area contributed by atoms with Crippen LogP contribution < -0.4 is 4.74 Å². The Hall–Kier alpha value is -3.95. The van der Waals surface area contributed by atoms with Gasteiger partial charge >= 0.3 is 11.9 Å². The Morgan fingerprint density at radius 1 is 0.774 bits per heavy atom. The number of carbonyl (C=O) groups excluding carboxylic acids is 2. The van der Waals surface area contributed by atoms with E-state index in [0.717, 1.165) is 0 Å². The molecule has 0 unspecified atom stereocenters. The van der Waals surface area contributed by atoms with Gasteiger partial charge in [0.2, 0.25) is 0 Å². The average Bonchev–Trinajstić information content (AvgIpc) is 2.79. The van der Waals surface area contributed by atoms with Crippen LogP contribution in [0.3, 0.4) is 0 Å². The third-order valence-electron chi connectivity index (χ3n) is 4.48. The van der Waals surface area contributed by atoms with Crippen LogP contribution in [0.1, 0.15) is 20.7 Å². The van der Waals surface area contributed by atoms with Crippen LogP contribution in [-0.4, -0.2) is 77.1 Å². The number of methoxy groups -OCH3 is 1. The Labute approximate surface area is 177 Å². The lowest BCUT2D eigenvalue weighted by Crippen LogP contribution is -2.50. The monoisotopic (exact) mass is 432 g/mol. The number of hydrogen-bond acceptors (Lipinski definition) is 5. The van der Waals surface area contributed by atoms with Gasteiger partial charge in [0.15, 0.2) is 0 Å². The molecule has 0 saturated carbocycles. The molecule has 1 aliphatic heterocycles. The maximum atomic E-state index is 13.8. The van der Waals surface area contributed by atoms with Gasteiger partial charge in [-0.3, -0.25) is 9.59 Å². The third kappa shape index (κ3) is 6.01. The first-order chi connectivity index (χ1) is 14.8. The normalized spacial score (nSPS) is 13.0. The Balaban J connectivity index is 0.000000501. The van der Waals surface area contributed by atoms with E-state index in [1.807, 2.05) is 0 Å². The van der Waals surface area contributed by atoms with E-state index in [1.54, 1.807) is 46.2 Å². The Morgan fingerprint density at radius 3 is 1.65 bits per heavy atom. The van der Waals surface area contributed by atoms with Crippen LogP contribution in [0.25, 0.3) is 0 Å². The molecular weight excluding hydrogens is 411 g/mol. The third-order valence-corrected chi connectivity index (χ3v) is 4.48. The highest BCUT2D eigenvalue weighted by atomic mass is 19.1. The zero-order valence-electron chi connectivity index (χ0n) is 16.7.